The number of halogens is 4. The van der Waals surface area contributed by atoms with Crippen LogP contribution >= 0.6 is 0 Å². The Morgan fingerprint density at radius 3 is 2.46 bits per heavy atom. The summed E-state index contributed by atoms with van der Waals surface area (Å²) in [5.74, 6) is -0.851. The van der Waals surface area contributed by atoms with Crippen molar-refractivity contribution in [2.45, 2.75) is 31.5 Å². The van der Waals surface area contributed by atoms with Gasteiger partial charge >= 0.3 is 6.18 Å². The van der Waals surface area contributed by atoms with Crippen LogP contribution in [0.1, 0.15) is 34.6 Å². The van der Waals surface area contributed by atoms with Crippen molar-refractivity contribution < 1.29 is 31.9 Å². The second-order valence-electron chi connectivity index (χ2n) is 9.88. The van der Waals surface area contributed by atoms with Crippen molar-refractivity contribution >= 4 is 23.0 Å². The molecule has 2 aliphatic heterocycles. The van der Waals surface area contributed by atoms with E-state index in [2.05, 4.69) is 5.10 Å². The number of carbonyl (C=O) groups excluding carboxylic acids is 2. The number of benzene rings is 2. The number of hydrogen-bond donors (Lipinski definition) is 0. The Morgan fingerprint density at radius 2 is 1.82 bits per heavy atom. The average Bonchev–Trinajstić information content (AvgIpc) is 3.30. The molecule has 1 aromatic heterocycles. The Bertz CT molecular complexity index is 1370. The summed E-state index contributed by atoms with van der Waals surface area (Å²) in [6.45, 7) is 2.60. The number of piperidine rings is 1. The zero-order chi connectivity index (χ0) is 27.7. The molecule has 0 N–H and O–H groups in total. The molecule has 1 amide bonds. The third-order valence-corrected chi connectivity index (χ3v) is 7.53. The van der Waals surface area contributed by atoms with Crippen molar-refractivity contribution in [2.24, 2.45) is 0 Å². The average molecular weight is 548 g/mol. The van der Waals surface area contributed by atoms with Gasteiger partial charge in [0.15, 0.2) is 12.0 Å². The quantitative estimate of drug-likeness (QED) is 0.332. The van der Waals surface area contributed by atoms with Gasteiger partial charge in [0.05, 0.1) is 13.2 Å². The maximum Gasteiger partial charge on any atom is 0.435 e. The Kier molecular flexibility index (Phi) is 7.70. The first-order valence-electron chi connectivity index (χ1n) is 12.8. The van der Waals surface area contributed by atoms with Crippen molar-refractivity contribution in [1.82, 2.24) is 24.7 Å². The molecular weight excluding hydrogens is 518 g/mol. The minimum absolute atomic E-state index is 0.0667. The Morgan fingerprint density at radius 1 is 1.13 bits per heavy atom. The highest BCUT2D eigenvalue weighted by Gasteiger charge is 2.40. The highest BCUT2D eigenvalue weighted by Crippen LogP contribution is 2.35. The molecule has 0 unspecified atom stereocenters. The minimum Gasteiger partial charge on any atom is -0.370 e. The Hall–Kier alpha value is -3.35. The molecule has 0 aliphatic carbocycles. The van der Waals surface area contributed by atoms with E-state index in [0.717, 1.165) is 17.5 Å². The smallest absolute Gasteiger partial charge is 0.370 e. The topological polar surface area (TPSA) is 70.9 Å². The lowest BCUT2D eigenvalue weighted by molar-refractivity contribution is -0.168. The predicted molar refractivity (Wildman–Crippen MR) is 135 cm³/mol. The molecule has 2 aliphatic rings. The van der Waals surface area contributed by atoms with Gasteiger partial charge in [0.1, 0.15) is 23.8 Å². The van der Waals surface area contributed by atoms with Crippen molar-refractivity contribution in [3.05, 3.63) is 59.2 Å². The number of likely N-dealkylation sites (N-methyl/N-ethyl adjacent to an activating group) is 1. The van der Waals surface area contributed by atoms with Crippen molar-refractivity contribution in [3.8, 4) is 5.69 Å². The molecule has 8 nitrogen and oxygen atoms in total. The molecule has 3 heterocycles. The number of amides is 1. The highest BCUT2D eigenvalue weighted by atomic mass is 19.4. The number of carbonyl (C=O) groups is 2. The molecule has 0 atom stereocenters. The van der Waals surface area contributed by atoms with Gasteiger partial charge in [-0.2, -0.15) is 18.3 Å². The van der Waals surface area contributed by atoms with E-state index >= 15 is 4.39 Å². The maximum atomic E-state index is 15.0. The van der Waals surface area contributed by atoms with Crippen LogP contribution in [-0.4, -0.2) is 89.4 Å². The fraction of sp³-hybridized carbons (Fsp3) is 0.444. The molecule has 2 fully saturated rings. The molecule has 5 rings (SSSR count). The molecule has 2 saturated heterocycles. The second kappa shape index (κ2) is 11.0. The van der Waals surface area contributed by atoms with Crippen molar-refractivity contribution in [2.75, 3.05) is 46.4 Å². The maximum absolute atomic E-state index is 15.0. The van der Waals surface area contributed by atoms with E-state index < -0.39 is 17.7 Å². The second-order valence-corrected chi connectivity index (χ2v) is 9.88. The first-order chi connectivity index (χ1) is 18.7. The van der Waals surface area contributed by atoms with Crippen LogP contribution in [0.5, 0.6) is 0 Å². The summed E-state index contributed by atoms with van der Waals surface area (Å²) in [6, 6.07) is 9.58. The summed E-state index contributed by atoms with van der Waals surface area (Å²) in [5.41, 5.74) is -1.98. The number of aromatic nitrogens is 2. The Balaban J connectivity index is 1.35. The van der Waals surface area contributed by atoms with Crippen LogP contribution in [0.4, 0.5) is 17.6 Å². The van der Waals surface area contributed by atoms with Gasteiger partial charge in [-0.1, -0.05) is 24.3 Å². The number of morpholine rings is 1. The van der Waals surface area contributed by atoms with Gasteiger partial charge in [-0.25, -0.2) is 14.1 Å². The molecule has 208 valence electrons. The number of nitrogens with zero attached hydrogens (tertiary/aromatic N) is 5. The standard InChI is InChI=1S/C27H29F4N5O3/c1-33(20-6-10-34(11-7-20)35-12-13-39-17-25(35)38)9-8-21-24(16-37)36(32-26(21)27(29,30)31)23-15-19-5-3-2-4-18(19)14-22(23)28/h2-5,14-16,20H,6-13,17H2,1H3. The number of rotatable bonds is 7. The number of hydrogen-bond acceptors (Lipinski definition) is 6. The van der Waals surface area contributed by atoms with E-state index in [1.54, 1.807) is 29.3 Å². The third-order valence-electron chi connectivity index (χ3n) is 7.53. The zero-order valence-electron chi connectivity index (χ0n) is 21.5. The van der Waals surface area contributed by atoms with Gasteiger partial charge in [0.2, 0.25) is 0 Å². The van der Waals surface area contributed by atoms with Crippen LogP contribution in [0.3, 0.4) is 0 Å². The van der Waals surface area contributed by atoms with E-state index in [0.29, 0.717) is 43.3 Å². The first-order valence-corrected chi connectivity index (χ1v) is 12.8. The van der Waals surface area contributed by atoms with Gasteiger partial charge in [0.25, 0.3) is 5.91 Å². The van der Waals surface area contributed by atoms with Gasteiger partial charge in [-0.3, -0.25) is 14.6 Å². The van der Waals surface area contributed by atoms with Crippen LogP contribution in [0.15, 0.2) is 36.4 Å². The van der Waals surface area contributed by atoms with Crippen LogP contribution < -0.4 is 0 Å². The predicted octanol–water partition coefficient (Wildman–Crippen LogP) is 3.71. The first kappa shape index (κ1) is 27.2. The fourth-order valence-corrected chi connectivity index (χ4v) is 5.42. The van der Waals surface area contributed by atoms with Gasteiger partial charge in [-0.15, -0.1) is 0 Å². The lowest BCUT2D eigenvalue weighted by Gasteiger charge is -2.43. The molecule has 39 heavy (non-hydrogen) atoms. The van der Waals surface area contributed by atoms with Crippen molar-refractivity contribution in [1.29, 1.82) is 0 Å². The summed E-state index contributed by atoms with van der Waals surface area (Å²) in [4.78, 5) is 26.2. The summed E-state index contributed by atoms with van der Waals surface area (Å²) in [6.07, 6.45) is -3.13. The molecule has 12 heteroatoms. The van der Waals surface area contributed by atoms with E-state index in [9.17, 15) is 22.8 Å². The highest BCUT2D eigenvalue weighted by molar-refractivity contribution is 5.85. The van der Waals surface area contributed by atoms with Gasteiger partial charge in [-0.05, 0) is 49.2 Å². The SMILES string of the molecule is CN(CCc1c(C(F)(F)F)nn(-c2cc3ccccc3cc2F)c1C=O)C1CCN(N2CCOCC2=O)CC1. The summed E-state index contributed by atoms with van der Waals surface area (Å²) in [5, 5.41) is 8.61. The zero-order valence-corrected chi connectivity index (χ0v) is 21.5. The minimum atomic E-state index is -4.82. The van der Waals surface area contributed by atoms with E-state index in [4.69, 9.17) is 4.74 Å². The van der Waals surface area contributed by atoms with Crippen LogP contribution in [0, 0.1) is 5.82 Å². The monoisotopic (exact) mass is 547 g/mol. The molecular formula is C27H29F4N5O3. The largest absolute Gasteiger partial charge is 0.435 e. The number of ether oxygens (including phenoxy) is 1. The Labute approximate surface area is 222 Å². The summed E-state index contributed by atoms with van der Waals surface area (Å²) < 4.78 is 63.1. The lowest BCUT2D eigenvalue weighted by atomic mass is 10.0. The van der Waals surface area contributed by atoms with Crippen LogP contribution in [0.2, 0.25) is 0 Å². The summed E-state index contributed by atoms with van der Waals surface area (Å²) >= 11 is 0. The van der Waals surface area contributed by atoms with E-state index in [1.165, 1.54) is 12.1 Å². The van der Waals surface area contributed by atoms with Gasteiger partial charge in [0, 0.05) is 31.2 Å². The number of hydrazine groups is 1. The normalized spacial score (nSPS) is 17.9. The van der Waals surface area contributed by atoms with Crippen LogP contribution in [-0.2, 0) is 22.1 Å². The number of aldehydes is 1. The fourth-order valence-electron chi connectivity index (χ4n) is 5.42. The molecule has 2 aromatic carbocycles. The molecule has 0 saturated carbocycles. The van der Waals surface area contributed by atoms with E-state index in [1.807, 2.05) is 17.0 Å². The van der Waals surface area contributed by atoms with Gasteiger partial charge < -0.3 is 9.64 Å². The van der Waals surface area contributed by atoms with E-state index in [-0.39, 0.29) is 48.5 Å². The number of alkyl halides is 3. The molecule has 0 radical (unpaired) electrons. The molecule has 0 spiro atoms. The lowest BCUT2D eigenvalue weighted by Crippen LogP contribution is -2.56. The van der Waals surface area contributed by atoms with Crippen molar-refractivity contribution in [3.63, 3.8) is 0 Å². The van der Waals surface area contributed by atoms with Crippen LogP contribution in [0.25, 0.3) is 16.5 Å². The third kappa shape index (κ3) is 5.54. The molecule has 0 bridgehead atoms. The summed E-state index contributed by atoms with van der Waals surface area (Å²) in [7, 11) is 1.83. The number of fused-ring (bicyclic) bond motifs is 1. The molecule has 3 aromatic rings.